The molecule has 0 aromatic carbocycles. The maximum Gasteiger partial charge on any atom is 1.00 e. The van der Waals surface area contributed by atoms with Crippen LogP contribution < -0.4 is 34.9 Å². The zero-order chi connectivity index (χ0) is 8.20. The zero-order valence-corrected chi connectivity index (χ0v) is 9.39. The van der Waals surface area contributed by atoms with Gasteiger partial charge in [-0.25, -0.2) is 8.42 Å². The molecule has 0 saturated heterocycles. The largest absolute Gasteiger partial charge is 1.00 e. The summed E-state index contributed by atoms with van der Waals surface area (Å²) >= 11 is 0. The van der Waals surface area contributed by atoms with Crippen LogP contribution in [0.1, 0.15) is 6.92 Å². The summed E-state index contributed by atoms with van der Waals surface area (Å²) in [6.07, 6.45) is -0.637. The van der Waals surface area contributed by atoms with Crippen molar-refractivity contribution in [3.05, 3.63) is 0 Å². The topological polar surface area (TPSA) is 89.5 Å². The quantitative estimate of drug-likeness (QED) is 0.345. The van der Waals surface area contributed by atoms with E-state index in [4.69, 9.17) is 5.11 Å². The Morgan fingerprint density at radius 1 is 1.64 bits per heavy atom. The summed E-state index contributed by atoms with van der Waals surface area (Å²) in [6.45, 7) is 1.60. The van der Waals surface area contributed by atoms with E-state index in [1.165, 1.54) is 6.92 Å². The molecule has 11 heavy (non-hydrogen) atoms. The molecule has 5 nitrogen and oxygen atoms in total. The van der Waals surface area contributed by atoms with Crippen LogP contribution in [0.4, 0.5) is 0 Å². The standard InChI is InChI=1S/C4H11NO4S.Na/c1-4(6)2-5-3-10(7,8)9;/h4-6H,2-3H2,1H3,(H,7,8,9);/q;+1/p-1. The number of hydrogen-bond donors (Lipinski definition) is 2. The van der Waals surface area contributed by atoms with E-state index in [1.807, 2.05) is 0 Å². The SMILES string of the molecule is CC(O)CNCS(=O)(=O)[O-].[Na+]. The Labute approximate surface area is 88.2 Å². The fourth-order valence-corrected chi connectivity index (χ4v) is 0.761. The van der Waals surface area contributed by atoms with Crippen LogP contribution in [0.3, 0.4) is 0 Å². The Morgan fingerprint density at radius 3 is 2.36 bits per heavy atom. The van der Waals surface area contributed by atoms with E-state index >= 15 is 0 Å². The molecule has 0 aliphatic carbocycles. The molecule has 0 saturated carbocycles. The van der Waals surface area contributed by atoms with Crippen LogP contribution in [0.2, 0.25) is 0 Å². The molecule has 0 aromatic heterocycles. The summed E-state index contributed by atoms with van der Waals surface area (Å²) < 4.78 is 29.7. The van der Waals surface area contributed by atoms with Crippen molar-refractivity contribution in [2.24, 2.45) is 0 Å². The maximum absolute atomic E-state index is 9.91. The van der Waals surface area contributed by atoms with Crippen molar-refractivity contribution in [2.45, 2.75) is 13.0 Å². The van der Waals surface area contributed by atoms with Crippen LogP contribution in [0, 0.1) is 0 Å². The van der Waals surface area contributed by atoms with Gasteiger partial charge in [0.1, 0.15) is 10.1 Å². The van der Waals surface area contributed by atoms with Gasteiger partial charge in [-0.15, -0.1) is 0 Å². The van der Waals surface area contributed by atoms with Crippen LogP contribution in [-0.2, 0) is 10.1 Å². The van der Waals surface area contributed by atoms with Crippen molar-refractivity contribution in [3.63, 3.8) is 0 Å². The average molecular weight is 191 g/mol. The van der Waals surface area contributed by atoms with Crippen LogP contribution in [0.5, 0.6) is 0 Å². The van der Waals surface area contributed by atoms with Crippen LogP contribution >= 0.6 is 0 Å². The molecule has 0 heterocycles. The van der Waals surface area contributed by atoms with Gasteiger partial charge in [-0.3, -0.25) is 0 Å². The van der Waals surface area contributed by atoms with Gasteiger partial charge in [0.15, 0.2) is 0 Å². The second-order valence-corrected chi connectivity index (χ2v) is 3.41. The Kier molecular flexibility index (Phi) is 8.30. The summed E-state index contributed by atoms with van der Waals surface area (Å²) in [5, 5.41) is 10.9. The van der Waals surface area contributed by atoms with E-state index in [-0.39, 0.29) is 36.1 Å². The molecule has 0 aromatic rings. The molecule has 0 fully saturated rings. The number of nitrogens with one attached hydrogen (secondary N) is 1. The predicted octanol–water partition coefficient (Wildman–Crippen LogP) is -4.54. The third kappa shape index (κ3) is 13.8. The first-order valence-electron chi connectivity index (χ1n) is 2.74. The monoisotopic (exact) mass is 191 g/mol. The molecule has 0 radical (unpaired) electrons. The van der Waals surface area contributed by atoms with Gasteiger partial charge in [0.2, 0.25) is 0 Å². The van der Waals surface area contributed by atoms with E-state index in [9.17, 15) is 13.0 Å². The third-order valence-electron chi connectivity index (χ3n) is 0.719. The van der Waals surface area contributed by atoms with E-state index in [0.29, 0.717) is 0 Å². The van der Waals surface area contributed by atoms with Gasteiger partial charge in [0.25, 0.3) is 0 Å². The zero-order valence-electron chi connectivity index (χ0n) is 6.57. The number of hydrogen-bond acceptors (Lipinski definition) is 5. The molecule has 0 amide bonds. The van der Waals surface area contributed by atoms with Crippen molar-refractivity contribution in [1.29, 1.82) is 0 Å². The van der Waals surface area contributed by atoms with Gasteiger partial charge >= 0.3 is 29.6 Å². The molecule has 0 spiro atoms. The minimum absolute atomic E-state index is 0. The Balaban J connectivity index is 0. The van der Waals surface area contributed by atoms with Gasteiger partial charge in [-0.2, -0.15) is 0 Å². The number of rotatable bonds is 4. The van der Waals surface area contributed by atoms with Gasteiger partial charge in [-0.1, -0.05) is 0 Å². The van der Waals surface area contributed by atoms with Crippen molar-refractivity contribution >= 4 is 10.1 Å². The average Bonchev–Trinajstić information content (AvgIpc) is 1.59. The summed E-state index contributed by atoms with van der Waals surface area (Å²) in [6, 6.07) is 0. The smallest absolute Gasteiger partial charge is 0.747 e. The number of aliphatic hydroxyl groups is 1. The fourth-order valence-electron chi connectivity index (χ4n) is 0.393. The van der Waals surface area contributed by atoms with Gasteiger partial charge in [-0.05, 0) is 6.92 Å². The molecule has 0 rings (SSSR count). The van der Waals surface area contributed by atoms with Crippen LogP contribution in [0.15, 0.2) is 0 Å². The Bertz CT molecular complexity index is 179. The minimum Gasteiger partial charge on any atom is -0.747 e. The molecule has 62 valence electrons. The van der Waals surface area contributed by atoms with Gasteiger partial charge in [0.05, 0.1) is 12.0 Å². The van der Waals surface area contributed by atoms with E-state index in [1.54, 1.807) is 0 Å². The van der Waals surface area contributed by atoms with Crippen molar-refractivity contribution < 1.29 is 47.6 Å². The summed E-state index contributed by atoms with van der Waals surface area (Å²) in [7, 11) is -4.19. The Hall–Kier alpha value is 0.830. The summed E-state index contributed by atoms with van der Waals surface area (Å²) in [4.78, 5) is 0. The fraction of sp³-hybridized carbons (Fsp3) is 1.00. The second kappa shape index (κ2) is 6.36. The first-order valence-corrected chi connectivity index (χ1v) is 4.32. The van der Waals surface area contributed by atoms with Crippen LogP contribution in [-0.4, -0.2) is 36.6 Å². The molecule has 1 atom stereocenters. The molecular formula is C4H10NNaO4S. The van der Waals surface area contributed by atoms with Gasteiger partial charge < -0.3 is 15.0 Å². The molecule has 1 unspecified atom stereocenters. The van der Waals surface area contributed by atoms with Crippen LogP contribution in [0.25, 0.3) is 0 Å². The predicted molar refractivity (Wildman–Crippen MR) is 34.2 cm³/mol. The second-order valence-electron chi connectivity index (χ2n) is 2.01. The van der Waals surface area contributed by atoms with E-state index < -0.39 is 22.1 Å². The van der Waals surface area contributed by atoms with Crippen molar-refractivity contribution in [1.82, 2.24) is 5.32 Å². The first kappa shape index (κ1) is 14.4. The maximum atomic E-state index is 9.91. The van der Waals surface area contributed by atoms with Crippen molar-refractivity contribution in [2.75, 3.05) is 12.4 Å². The first-order chi connectivity index (χ1) is 4.42. The van der Waals surface area contributed by atoms with Crippen molar-refractivity contribution in [3.8, 4) is 0 Å². The normalized spacial score (nSPS) is 13.7. The summed E-state index contributed by atoms with van der Waals surface area (Å²) in [5.74, 6) is -0.627. The molecular weight excluding hydrogens is 181 g/mol. The number of aliphatic hydroxyl groups excluding tert-OH is 1. The van der Waals surface area contributed by atoms with E-state index in [2.05, 4.69) is 5.32 Å². The molecule has 0 aliphatic heterocycles. The van der Waals surface area contributed by atoms with E-state index in [0.717, 1.165) is 0 Å². The molecule has 0 bridgehead atoms. The van der Waals surface area contributed by atoms with Gasteiger partial charge in [0, 0.05) is 6.54 Å². The third-order valence-corrected chi connectivity index (χ3v) is 1.28. The molecule has 7 heteroatoms. The summed E-state index contributed by atoms with van der Waals surface area (Å²) in [5.41, 5.74) is 0. The molecule has 0 aliphatic rings. The Morgan fingerprint density at radius 2 is 2.09 bits per heavy atom. The molecule has 2 N–H and O–H groups in total. The minimum atomic E-state index is -4.19.